The van der Waals surface area contributed by atoms with E-state index in [4.69, 9.17) is 5.73 Å². The summed E-state index contributed by atoms with van der Waals surface area (Å²) in [4.78, 5) is 22.6. The molecule has 1 saturated heterocycles. The Morgan fingerprint density at radius 3 is 2.39 bits per heavy atom. The predicted octanol–water partition coefficient (Wildman–Crippen LogP) is 4.69. The van der Waals surface area contributed by atoms with Crippen LogP contribution in [0.2, 0.25) is 0 Å². The van der Waals surface area contributed by atoms with E-state index in [1.54, 1.807) is 11.8 Å². The Morgan fingerprint density at radius 2 is 1.73 bits per heavy atom. The van der Waals surface area contributed by atoms with Gasteiger partial charge in [0.25, 0.3) is 5.91 Å². The minimum Gasteiger partial charge on any atom is -0.368 e. The lowest BCUT2D eigenvalue weighted by atomic mass is 10.0. The van der Waals surface area contributed by atoms with E-state index in [2.05, 4.69) is 15.3 Å². The van der Waals surface area contributed by atoms with E-state index in [1.807, 2.05) is 4.90 Å². The number of anilines is 3. The zero-order valence-corrected chi connectivity index (χ0v) is 18.0. The maximum absolute atomic E-state index is 14.5. The van der Waals surface area contributed by atoms with Gasteiger partial charge in [-0.3, -0.25) is 4.79 Å². The monoisotopic (exact) mass is 477 g/mol. The minimum absolute atomic E-state index is 0.0256. The van der Waals surface area contributed by atoms with Gasteiger partial charge in [-0.2, -0.15) is 24.9 Å². The summed E-state index contributed by atoms with van der Waals surface area (Å²) in [7, 11) is 0. The second kappa shape index (κ2) is 9.26. The lowest BCUT2D eigenvalue weighted by molar-refractivity contribution is -0.137. The van der Waals surface area contributed by atoms with E-state index in [1.165, 1.54) is 30.6 Å². The van der Waals surface area contributed by atoms with Crippen LogP contribution >= 0.6 is 11.8 Å². The summed E-state index contributed by atoms with van der Waals surface area (Å²) in [6.07, 6.45) is -1.73. The van der Waals surface area contributed by atoms with Crippen LogP contribution < -0.4 is 16.0 Å². The van der Waals surface area contributed by atoms with Gasteiger partial charge in [0.2, 0.25) is 5.95 Å². The normalized spacial score (nSPS) is 14.2. The van der Waals surface area contributed by atoms with Gasteiger partial charge in [0, 0.05) is 42.6 Å². The molecule has 2 heterocycles. The van der Waals surface area contributed by atoms with Crippen molar-refractivity contribution in [1.29, 1.82) is 0 Å². The van der Waals surface area contributed by atoms with Crippen LogP contribution in [0.15, 0.2) is 48.8 Å². The molecule has 1 amide bonds. The molecule has 1 aliphatic rings. The van der Waals surface area contributed by atoms with Gasteiger partial charge in [-0.05, 0) is 35.9 Å². The zero-order chi connectivity index (χ0) is 23.6. The Kier molecular flexibility index (Phi) is 6.41. The van der Waals surface area contributed by atoms with Crippen LogP contribution in [0.1, 0.15) is 15.9 Å². The first kappa shape index (κ1) is 22.8. The summed E-state index contributed by atoms with van der Waals surface area (Å²) in [6, 6.07) is 7.05. The standard InChI is InChI=1S/C22H19F4N5OS/c23-17-3-1-13(14-11-28-21(27)29-12-14)9-16(17)20(32)30-18-10-15(22(24,25)26)2-4-19(18)31-5-7-33-8-6-31/h1-4,9-12H,5-8H2,(H,30,32)(H2,27,28,29). The lowest BCUT2D eigenvalue weighted by Crippen LogP contribution is -2.33. The Bertz CT molecular complexity index is 1160. The molecule has 3 N–H and O–H groups in total. The number of amides is 1. The lowest BCUT2D eigenvalue weighted by Gasteiger charge is -2.30. The predicted molar refractivity (Wildman–Crippen MR) is 121 cm³/mol. The number of aromatic nitrogens is 2. The van der Waals surface area contributed by atoms with Crippen molar-refractivity contribution in [3.63, 3.8) is 0 Å². The zero-order valence-electron chi connectivity index (χ0n) is 17.2. The second-order valence-electron chi connectivity index (χ2n) is 7.31. The number of nitrogens with two attached hydrogens (primary N) is 1. The quantitative estimate of drug-likeness (QED) is 0.531. The number of carbonyl (C=O) groups is 1. The maximum atomic E-state index is 14.5. The Hall–Kier alpha value is -3.34. The molecule has 0 unspecified atom stereocenters. The van der Waals surface area contributed by atoms with Crippen LogP contribution in [0.5, 0.6) is 0 Å². The minimum atomic E-state index is -4.59. The molecular weight excluding hydrogens is 458 g/mol. The van der Waals surface area contributed by atoms with E-state index in [9.17, 15) is 22.4 Å². The fourth-order valence-corrected chi connectivity index (χ4v) is 4.35. The highest BCUT2D eigenvalue weighted by Crippen LogP contribution is 2.36. The molecule has 1 aliphatic heterocycles. The molecular formula is C22H19F4N5OS. The number of hydrogen-bond acceptors (Lipinski definition) is 6. The summed E-state index contributed by atoms with van der Waals surface area (Å²) < 4.78 is 54.5. The molecule has 1 aromatic heterocycles. The molecule has 11 heteroatoms. The SMILES string of the molecule is Nc1ncc(-c2ccc(F)c(C(=O)Nc3cc(C(F)(F)F)ccc3N3CCSCC3)c2)cn1. The van der Waals surface area contributed by atoms with Gasteiger partial charge in [0.1, 0.15) is 5.82 Å². The summed E-state index contributed by atoms with van der Waals surface area (Å²) in [6.45, 7) is 1.25. The van der Waals surface area contributed by atoms with Gasteiger partial charge in [-0.15, -0.1) is 0 Å². The summed E-state index contributed by atoms with van der Waals surface area (Å²) >= 11 is 1.74. The fourth-order valence-electron chi connectivity index (χ4n) is 3.45. The topological polar surface area (TPSA) is 84.1 Å². The molecule has 2 aromatic carbocycles. The van der Waals surface area contributed by atoms with E-state index in [-0.39, 0.29) is 17.2 Å². The first-order valence-corrected chi connectivity index (χ1v) is 11.1. The number of nitrogens with zero attached hydrogens (tertiary/aromatic N) is 3. The van der Waals surface area contributed by atoms with Gasteiger partial charge in [-0.1, -0.05) is 6.07 Å². The van der Waals surface area contributed by atoms with Crippen molar-refractivity contribution in [3.8, 4) is 11.1 Å². The van der Waals surface area contributed by atoms with Gasteiger partial charge in [0.05, 0.1) is 22.5 Å². The third kappa shape index (κ3) is 5.19. The Labute approximate surface area is 191 Å². The average Bonchev–Trinajstić information content (AvgIpc) is 2.80. The third-order valence-corrected chi connectivity index (χ3v) is 6.08. The van der Waals surface area contributed by atoms with Crippen LogP contribution in [0.3, 0.4) is 0 Å². The van der Waals surface area contributed by atoms with Crippen molar-refractivity contribution in [2.45, 2.75) is 6.18 Å². The molecule has 3 aromatic rings. The molecule has 0 bridgehead atoms. The smallest absolute Gasteiger partial charge is 0.368 e. The van der Waals surface area contributed by atoms with Gasteiger partial charge in [-0.25, -0.2) is 14.4 Å². The van der Waals surface area contributed by atoms with Crippen LogP contribution in [-0.4, -0.2) is 40.5 Å². The first-order chi connectivity index (χ1) is 15.7. The second-order valence-corrected chi connectivity index (χ2v) is 8.53. The number of nitrogen functional groups attached to an aromatic ring is 1. The molecule has 0 radical (unpaired) electrons. The molecule has 1 fully saturated rings. The third-order valence-electron chi connectivity index (χ3n) is 5.14. The van der Waals surface area contributed by atoms with Crippen molar-refractivity contribution in [2.24, 2.45) is 0 Å². The van der Waals surface area contributed by atoms with Crippen LogP contribution in [0.4, 0.5) is 34.9 Å². The first-order valence-electron chi connectivity index (χ1n) is 9.95. The molecule has 6 nitrogen and oxygen atoms in total. The van der Waals surface area contributed by atoms with Crippen molar-refractivity contribution < 1.29 is 22.4 Å². The van der Waals surface area contributed by atoms with Gasteiger partial charge >= 0.3 is 6.18 Å². The maximum Gasteiger partial charge on any atom is 0.416 e. The number of nitrogens with one attached hydrogen (secondary N) is 1. The highest BCUT2D eigenvalue weighted by Gasteiger charge is 2.32. The molecule has 0 atom stereocenters. The Balaban J connectivity index is 1.68. The highest BCUT2D eigenvalue weighted by atomic mass is 32.2. The van der Waals surface area contributed by atoms with Crippen molar-refractivity contribution in [1.82, 2.24) is 9.97 Å². The van der Waals surface area contributed by atoms with Crippen LogP contribution in [-0.2, 0) is 6.18 Å². The molecule has 0 saturated carbocycles. The summed E-state index contributed by atoms with van der Waals surface area (Å²) in [5.41, 5.74) is 5.65. The number of benzene rings is 2. The van der Waals surface area contributed by atoms with E-state index >= 15 is 0 Å². The van der Waals surface area contributed by atoms with E-state index in [0.29, 0.717) is 29.9 Å². The van der Waals surface area contributed by atoms with Crippen molar-refractivity contribution in [2.75, 3.05) is 40.5 Å². The number of thioether (sulfide) groups is 1. The Morgan fingerprint density at radius 1 is 1.03 bits per heavy atom. The molecule has 4 rings (SSSR count). The molecule has 0 aliphatic carbocycles. The van der Waals surface area contributed by atoms with E-state index in [0.717, 1.165) is 29.7 Å². The van der Waals surface area contributed by atoms with Crippen LogP contribution in [0, 0.1) is 5.82 Å². The number of hydrogen-bond donors (Lipinski definition) is 2. The number of carbonyl (C=O) groups excluding carboxylic acids is 1. The van der Waals surface area contributed by atoms with Crippen LogP contribution in [0.25, 0.3) is 11.1 Å². The molecule has 33 heavy (non-hydrogen) atoms. The van der Waals surface area contributed by atoms with Gasteiger partial charge < -0.3 is 16.0 Å². The fraction of sp³-hybridized carbons (Fsp3) is 0.227. The summed E-state index contributed by atoms with van der Waals surface area (Å²) in [5, 5.41) is 2.49. The number of halogens is 4. The molecule has 0 spiro atoms. The van der Waals surface area contributed by atoms with Gasteiger partial charge in [0.15, 0.2) is 0 Å². The summed E-state index contributed by atoms with van der Waals surface area (Å²) in [5.74, 6) is 0.0175. The average molecular weight is 477 g/mol. The molecule has 172 valence electrons. The number of rotatable bonds is 4. The number of alkyl halides is 3. The highest BCUT2D eigenvalue weighted by molar-refractivity contribution is 7.99. The van der Waals surface area contributed by atoms with E-state index < -0.39 is 23.5 Å². The largest absolute Gasteiger partial charge is 0.416 e. The van der Waals surface area contributed by atoms with Crippen molar-refractivity contribution in [3.05, 3.63) is 65.7 Å². The van der Waals surface area contributed by atoms with Crippen molar-refractivity contribution >= 4 is 35.0 Å².